The van der Waals surface area contributed by atoms with Crippen molar-refractivity contribution in [3.8, 4) is 0 Å². The third-order valence-electron chi connectivity index (χ3n) is 2.85. The van der Waals surface area contributed by atoms with Gasteiger partial charge in [0.05, 0.1) is 12.3 Å². The quantitative estimate of drug-likeness (QED) is 0.744. The lowest BCUT2D eigenvalue weighted by Gasteiger charge is -2.31. The number of rotatable bonds is 3. The maximum absolute atomic E-state index is 5.78. The summed E-state index contributed by atoms with van der Waals surface area (Å²) in [5.41, 5.74) is 1.99. The number of hydrogen-bond donors (Lipinski definition) is 0. The van der Waals surface area contributed by atoms with Gasteiger partial charge in [0.15, 0.2) is 0 Å². The first kappa shape index (κ1) is 12.2. The zero-order valence-corrected chi connectivity index (χ0v) is 10.5. The first-order valence-corrected chi connectivity index (χ1v) is 5.96. The van der Waals surface area contributed by atoms with Gasteiger partial charge in [-0.3, -0.25) is 4.90 Å². The molecule has 0 amide bonds. The maximum atomic E-state index is 5.78. The fraction of sp³-hybridized carbons (Fsp3) is 0.538. The van der Waals surface area contributed by atoms with Crippen molar-refractivity contribution in [3.63, 3.8) is 0 Å². The Morgan fingerprint density at radius 3 is 3.06 bits per heavy atom. The molecule has 2 heterocycles. The average molecular weight is 233 g/mol. The number of morpholine rings is 1. The molecule has 0 aromatic carbocycles. The van der Waals surface area contributed by atoms with Crippen molar-refractivity contribution in [2.24, 2.45) is 0 Å². The molecule has 1 fully saturated rings. The van der Waals surface area contributed by atoms with Crippen LogP contribution in [0.15, 0.2) is 18.7 Å². The van der Waals surface area contributed by atoms with E-state index in [4.69, 9.17) is 4.74 Å². The van der Waals surface area contributed by atoms with Crippen LogP contribution < -0.4 is 0 Å². The van der Waals surface area contributed by atoms with E-state index in [0.29, 0.717) is 0 Å². The molecule has 1 aliphatic heterocycles. The van der Waals surface area contributed by atoms with Crippen molar-refractivity contribution in [2.75, 3.05) is 26.2 Å². The van der Waals surface area contributed by atoms with E-state index in [1.54, 1.807) is 0 Å². The molecule has 4 nitrogen and oxygen atoms in total. The Hall–Kier alpha value is -1.26. The predicted molar refractivity (Wildman–Crippen MR) is 66.8 cm³/mol. The second-order valence-corrected chi connectivity index (χ2v) is 4.39. The largest absolute Gasteiger partial charge is 0.369 e. The van der Waals surface area contributed by atoms with Crippen LogP contribution in [-0.4, -0.2) is 41.1 Å². The van der Waals surface area contributed by atoms with E-state index < -0.39 is 0 Å². The summed E-state index contributed by atoms with van der Waals surface area (Å²) in [6.07, 6.45) is 1.99. The fourth-order valence-electron chi connectivity index (χ4n) is 2.14. The Bertz CT molecular complexity index is 385. The molecule has 0 saturated carbocycles. The molecule has 4 heteroatoms. The van der Waals surface area contributed by atoms with Crippen molar-refractivity contribution in [1.82, 2.24) is 14.9 Å². The van der Waals surface area contributed by atoms with E-state index in [0.717, 1.165) is 43.5 Å². The van der Waals surface area contributed by atoms with Crippen LogP contribution in [-0.2, 0) is 4.74 Å². The molecule has 0 bridgehead atoms. The van der Waals surface area contributed by atoms with Gasteiger partial charge in [0, 0.05) is 25.3 Å². The van der Waals surface area contributed by atoms with E-state index in [-0.39, 0.29) is 6.10 Å². The van der Waals surface area contributed by atoms with Gasteiger partial charge < -0.3 is 4.74 Å². The first-order valence-electron chi connectivity index (χ1n) is 5.96. The molecular formula is C13H19N3O. The molecule has 0 aliphatic carbocycles. The van der Waals surface area contributed by atoms with Gasteiger partial charge in [-0.15, -0.1) is 6.58 Å². The summed E-state index contributed by atoms with van der Waals surface area (Å²) in [4.78, 5) is 11.1. The van der Waals surface area contributed by atoms with Gasteiger partial charge in [-0.05, 0) is 19.9 Å². The number of aromatic nitrogens is 2. The zero-order valence-electron chi connectivity index (χ0n) is 10.5. The van der Waals surface area contributed by atoms with Crippen molar-refractivity contribution >= 4 is 0 Å². The molecule has 1 saturated heterocycles. The van der Waals surface area contributed by atoms with Gasteiger partial charge in [0.1, 0.15) is 11.9 Å². The SMILES string of the molecule is C=CCN1CCOC(c2cc(C)nc(C)n2)C1. The van der Waals surface area contributed by atoms with Gasteiger partial charge in [-0.25, -0.2) is 9.97 Å². The third-order valence-corrected chi connectivity index (χ3v) is 2.85. The van der Waals surface area contributed by atoms with Crippen molar-refractivity contribution in [3.05, 3.63) is 35.9 Å². The van der Waals surface area contributed by atoms with Crippen LogP contribution in [0.5, 0.6) is 0 Å². The highest BCUT2D eigenvalue weighted by Gasteiger charge is 2.22. The number of aryl methyl sites for hydroxylation is 2. The summed E-state index contributed by atoms with van der Waals surface area (Å²) in [5.74, 6) is 0.810. The Morgan fingerprint density at radius 1 is 1.53 bits per heavy atom. The van der Waals surface area contributed by atoms with Crippen molar-refractivity contribution in [1.29, 1.82) is 0 Å². The molecule has 1 aromatic heterocycles. The summed E-state index contributed by atoms with van der Waals surface area (Å²) in [7, 11) is 0. The summed E-state index contributed by atoms with van der Waals surface area (Å²) >= 11 is 0. The monoisotopic (exact) mass is 233 g/mol. The van der Waals surface area contributed by atoms with Gasteiger partial charge in [0.2, 0.25) is 0 Å². The third kappa shape index (κ3) is 3.11. The van der Waals surface area contributed by atoms with E-state index in [1.165, 1.54) is 0 Å². The summed E-state index contributed by atoms with van der Waals surface area (Å²) in [6, 6.07) is 2.01. The first-order chi connectivity index (χ1) is 8.19. The van der Waals surface area contributed by atoms with Crippen molar-refractivity contribution in [2.45, 2.75) is 20.0 Å². The maximum Gasteiger partial charge on any atom is 0.125 e. The minimum absolute atomic E-state index is 0.0594. The van der Waals surface area contributed by atoms with E-state index in [9.17, 15) is 0 Å². The lowest BCUT2D eigenvalue weighted by Crippen LogP contribution is -2.38. The average Bonchev–Trinajstić information content (AvgIpc) is 2.28. The van der Waals surface area contributed by atoms with Crippen LogP contribution in [0.4, 0.5) is 0 Å². The second kappa shape index (κ2) is 5.38. The van der Waals surface area contributed by atoms with Gasteiger partial charge >= 0.3 is 0 Å². The molecule has 0 N–H and O–H groups in total. The van der Waals surface area contributed by atoms with Gasteiger partial charge in [-0.2, -0.15) is 0 Å². The molecule has 1 aromatic rings. The number of ether oxygens (including phenoxy) is 1. The van der Waals surface area contributed by atoms with Crippen LogP contribution in [0, 0.1) is 13.8 Å². The summed E-state index contributed by atoms with van der Waals surface area (Å²) < 4.78 is 5.78. The number of hydrogen-bond acceptors (Lipinski definition) is 4. The minimum atomic E-state index is 0.0594. The van der Waals surface area contributed by atoms with Gasteiger partial charge in [-0.1, -0.05) is 6.08 Å². The van der Waals surface area contributed by atoms with Crippen LogP contribution >= 0.6 is 0 Å². The normalized spacial score (nSPS) is 21.4. The highest BCUT2D eigenvalue weighted by molar-refractivity contribution is 5.13. The summed E-state index contributed by atoms with van der Waals surface area (Å²) in [5, 5.41) is 0. The summed E-state index contributed by atoms with van der Waals surface area (Å²) in [6.45, 7) is 11.2. The zero-order chi connectivity index (χ0) is 12.3. The molecule has 17 heavy (non-hydrogen) atoms. The highest BCUT2D eigenvalue weighted by Crippen LogP contribution is 2.20. The van der Waals surface area contributed by atoms with E-state index in [2.05, 4.69) is 21.4 Å². The molecule has 92 valence electrons. The second-order valence-electron chi connectivity index (χ2n) is 4.39. The minimum Gasteiger partial charge on any atom is -0.369 e. The molecule has 0 radical (unpaired) electrons. The lowest BCUT2D eigenvalue weighted by molar-refractivity contribution is -0.0283. The van der Waals surface area contributed by atoms with Crippen LogP contribution in [0.1, 0.15) is 23.3 Å². The fourth-order valence-corrected chi connectivity index (χ4v) is 2.14. The molecule has 1 atom stereocenters. The Kier molecular flexibility index (Phi) is 3.86. The van der Waals surface area contributed by atoms with Gasteiger partial charge in [0.25, 0.3) is 0 Å². The topological polar surface area (TPSA) is 38.2 Å². The van der Waals surface area contributed by atoms with E-state index in [1.807, 2.05) is 26.0 Å². The standard InChI is InChI=1S/C13H19N3O/c1-4-5-16-6-7-17-13(9-16)12-8-10(2)14-11(3)15-12/h4,8,13H,1,5-7,9H2,2-3H3. The molecule has 2 rings (SSSR count). The van der Waals surface area contributed by atoms with Crippen LogP contribution in [0.25, 0.3) is 0 Å². The molecular weight excluding hydrogens is 214 g/mol. The molecule has 1 unspecified atom stereocenters. The Morgan fingerprint density at radius 2 is 2.35 bits per heavy atom. The number of nitrogens with zero attached hydrogens (tertiary/aromatic N) is 3. The molecule has 0 spiro atoms. The van der Waals surface area contributed by atoms with Crippen LogP contribution in [0.2, 0.25) is 0 Å². The smallest absolute Gasteiger partial charge is 0.125 e. The highest BCUT2D eigenvalue weighted by atomic mass is 16.5. The lowest BCUT2D eigenvalue weighted by atomic mass is 10.2. The van der Waals surface area contributed by atoms with Crippen molar-refractivity contribution < 1.29 is 4.74 Å². The van der Waals surface area contributed by atoms with Crippen LogP contribution in [0.3, 0.4) is 0 Å². The molecule has 1 aliphatic rings. The van der Waals surface area contributed by atoms with E-state index >= 15 is 0 Å². The predicted octanol–water partition coefficient (Wildman–Crippen LogP) is 1.65. The Balaban J connectivity index is 2.12. The Labute approximate surface area is 102 Å².